The van der Waals surface area contributed by atoms with Crippen LogP contribution in [0.3, 0.4) is 0 Å². The number of fused-ring (bicyclic) bond motifs is 1. The third kappa shape index (κ3) is 4.43. The molecule has 0 radical (unpaired) electrons. The van der Waals surface area contributed by atoms with Gasteiger partial charge in [-0.15, -0.1) is 0 Å². The normalized spacial score (nSPS) is 25.9. The van der Waals surface area contributed by atoms with Crippen LogP contribution in [-0.2, 0) is 16.1 Å². The van der Waals surface area contributed by atoms with Crippen molar-refractivity contribution in [1.29, 1.82) is 5.26 Å². The fourth-order valence-corrected chi connectivity index (χ4v) is 6.30. The van der Waals surface area contributed by atoms with Crippen LogP contribution in [0, 0.1) is 17.1 Å². The summed E-state index contributed by atoms with van der Waals surface area (Å²) < 4.78 is 20.6. The molecule has 8 nitrogen and oxygen atoms in total. The van der Waals surface area contributed by atoms with Crippen LogP contribution in [0.5, 0.6) is 5.75 Å². The number of nitrogens with zero attached hydrogens (tertiary/aromatic N) is 3. The van der Waals surface area contributed by atoms with Crippen LogP contribution in [0.4, 0.5) is 4.39 Å². The van der Waals surface area contributed by atoms with E-state index in [0.717, 1.165) is 49.9 Å². The largest absolute Gasteiger partial charge is 0.489 e. The predicted octanol–water partition coefficient (Wildman–Crippen LogP) is 3.25. The third-order valence-corrected chi connectivity index (χ3v) is 8.41. The van der Waals surface area contributed by atoms with Crippen LogP contribution in [0.2, 0.25) is 0 Å². The second-order valence-electron chi connectivity index (χ2n) is 10.7. The molecule has 1 unspecified atom stereocenters. The van der Waals surface area contributed by atoms with Crippen LogP contribution >= 0.6 is 0 Å². The molecule has 3 aliphatic heterocycles. The molecular weight excluding hydrogens is 487 g/mol. The van der Waals surface area contributed by atoms with Crippen LogP contribution in [0.25, 0.3) is 0 Å². The number of halogens is 1. The van der Waals surface area contributed by atoms with Crippen molar-refractivity contribution in [3.8, 4) is 11.8 Å². The van der Waals surface area contributed by atoms with Crippen LogP contribution in [0.1, 0.15) is 71.5 Å². The molecule has 3 atom stereocenters. The van der Waals surface area contributed by atoms with Crippen molar-refractivity contribution in [2.75, 3.05) is 13.1 Å². The monoisotopic (exact) mass is 516 g/mol. The van der Waals surface area contributed by atoms with E-state index in [0.29, 0.717) is 24.3 Å². The Labute approximate surface area is 220 Å². The zero-order valence-corrected chi connectivity index (χ0v) is 21.0. The summed E-state index contributed by atoms with van der Waals surface area (Å²) in [6.45, 7) is 1.98. The van der Waals surface area contributed by atoms with E-state index in [1.165, 1.54) is 6.07 Å². The molecule has 0 bridgehead atoms. The zero-order chi connectivity index (χ0) is 26.4. The Bertz CT molecular complexity index is 1350. The SMILES string of the molecule is N#Cc1ccc(C2CN([C@H]3CCCC[C@H]3Oc3ccc4c(c3)CN(C3CCC(=O)NC3=O)C4=O)C2)cc1F. The van der Waals surface area contributed by atoms with Gasteiger partial charge in [0.05, 0.1) is 5.56 Å². The number of ether oxygens (including phenoxy) is 1. The van der Waals surface area contributed by atoms with Crippen molar-refractivity contribution in [1.82, 2.24) is 15.1 Å². The Kier molecular flexibility index (Phi) is 6.36. The number of nitrogens with one attached hydrogen (secondary N) is 1. The van der Waals surface area contributed by atoms with Gasteiger partial charge in [0.15, 0.2) is 0 Å². The molecule has 2 aromatic rings. The number of carbonyl (C=O) groups is 3. The highest BCUT2D eigenvalue weighted by Crippen LogP contribution is 2.37. The Morgan fingerprint density at radius 1 is 1.03 bits per heavy atom. The van der Waals surface area contributed by atoms with Crippen molar-refractivity contribution >= 4 is 17.7 Å². The zero-order valence-electron chi connectivity index (χ0n) is 21.0. The van der Waals surface area contributed by atoms with E-state index in [9.17, 15) is 18.8 Å². The molecule has 3 amide bonds. The highest BCUT2D eigenvalue weighted by molar-refractivity contribution is 6.05. The summed E-state index contributed by atoms with van der Waals surface area (Å²) in [4.78, 5) is 40.8. The first-order valence-electron chi connectivity index (χ1n) is 13.3. The van der Waals surface area contributed by atoms with Gasteiger partial charge in [0, 0.05) is 43.6 Å². The van der Waals surface area contributed by atoms with Crippen molar-refractivity contribution < 1.29 is 23.5 Å². The summed E-state index contributed by atoms with van der Waals surface area (Å²) in [7, 11) is 0. The number of hydrogen-bond donors (Lipinski definition) is 1. The molecule has 3 heterocycles. The van der Waals surface area contributed by atoms with Gasteiger partial charge in [-0.3, -0.25) is 24.6 Å². The molecule has 2 saturated heterocycles. The summed E-state index contributed by atoms with van der Waals surface area (Å²) in [5, 5.41) is 11.3. The molecule has 0 spiro atoms. The molecule has 2 aromatic carbocycles. The number of piperidine rings is 1. The molecule has 1 saturated carbocycles. The number of nitriles is 1. The lowest BCUT2D eigenvalue weighted by Crippen LogP contribution is -2.57. The Morgan fingerprint density at radius 2 is 1.84 bits per heavy atom. The number of carbonyl (C=O) groups excluding carboxylic acids is 3. The van der Waals surface area contributed by atoms with Gasteiger partial charge < -0.3 is 9.64 Å². The van der Waals surface area contributed by atoms with Crippen LogP contribution < -0.4 is 10.1 Å². The minimum atomic E-state index is -0.636. The van der Waals surface area contributed by atoms with E-state index in [2.05, 4.69) is 10.2 Å². The van der Waals surface area contributed by atoms with Gasteiger partial charge in [-0.05, 0) is 67.1 Å². The van der Waals surface area contributed by atoms with E-state index in [-0.39, 0.29) is 41.9 Å². The van der Waals surface area contributed by atoms with E-state index in [1.54, 1.807) is 17.0 Å². The summed E-state index contributed by atoms with van der Waals surface area (Å²) in [5.74, 6) is -0.420. The molecule has 1 N–H and O–H groups in total. The van der Waals surface area contributed by atoms with Gasteiger partial charge in [-0.1, -0.05) is 12.5 Å². The Morgan fingerprint density at radius 3 is 2.61 bits per heavy atom. The maximum atomic E-state index is 14.1. The molecule has 4 aliphatic rings. The van der Waals surface area contributed by atoms with E-state index < -0.39 is 17.8 Å². The molecule has 38 heavy (non-hydrogen) atoms. The van der Waals surface area contributed by atoms with Gasteiger partial charge in [-0.25, -0.2) is 4.39 Å². The number of hydrogen-bond acceptors (Lipinski definition) is 6. The molecule has 6 rings (SSSR count). The summed E-state index contributed by atoms with van der Waals surface area (Å²) in [6.07, 6.45) is 4.78. The third-order valence-electron chi connectivity index (χ3n) is 8.41. The molecule has 3 fully saturated rings. The molecular formula is C29H29FN4O4. The van der Waals surface area contributed by atoms with Crippen LogP contribution in [0.15, 0.2) is 36.4 Å². The van der Waals surface area contributed by atoms with Crippen molar-refractivity contribution in [3.05, 3.63) is 64.5 Å². The van der Waals surface area contributed by atoms with Crippen molar-refractivity contribution in [3.63, 3.8) is 0 Å². The predicted molar refractivity (Wildman–Crippen MR) is 135 cm³/mol. The van der Waals surface area contributed by atoms with Crippen molar-refractivity contribution in [2.24, 2.45) is 0 Å². The topological polar surface area (TPSA) is 103 Å². The average molecular weight is 517 g/mol. The summed E-state index contributed by atoms with van der Waals surface area (Å²) in [5.41, 5.74) is 2.40. The summed E-state index contributed by atoms with van der Waals surface area (Å²) in [6, 6.07) is 11.9. The number of likely N-dealkylation sites (tertiary alicyclic amines) is 1. The maximum absolute atomic E-state index is 14.1. The highest BCUT2D eigenvalue weighted by atomic mass is 19.1. The lowest BCUT2D eigenvalue weighted by Gasteiger charge is -2.48. The van der Waals surface area contributed by atoms with Crippen LogP contribution in [-0.4, -0.2) is 58.8 Å². The van der Waals surface area contributed by atoms with Gasteiger partial charge in [0.1, 0.15) is 29.8 Å². The smallest absolute Gasteiger partial charge is 0.255 e. The number of rotatable bonds is 5. The minimum absolute atomic E-state index is 0.0174. The minimum Gasteiger partial charge on any atom is -0.489 e. The molecule has 1 aliphatic carbocycles. The fourth-order valence-electron chi connectivity index (χ4n) is 6.30. The van der Waals surface area contributed by atoms with Crippen molar-refractivity contribution in [2.45, 2.75) is 69.2 Å². The quantitative estimate of drug-likeness (QED) is 0.612. The molecule has 196 valence electrons. The first-order chi connectivity index (χ1) is 18.4. The second kappa shape index (κ2) is 9.84. The maximum Gasteiger partial charge on any atom is 0.255 e. The van der Waals surface area contributed by atoms with Gasteiger partial charge in [0.25, 0.3) is 5.91 Å². The Hall–Kier alpha value is -3.77. The van der Waals surface area contributed by atoms with E-state index in [1.807, 2.05) is 24.3 Å². The molecule has 9 heteroatoms. The van der Waals surface area contributed by atoms with Gasteiger partial charge in [-0.2, -0.15) is 5.26 Å². The summed E-state index contributed by atoms with van der Waals surface area (Å²) >= 11 is 0. The second-order valence-corrected chi connectivity index (χ2v) is 10.7. The number of imide groups is 1. The highest BCUT2D eigenvalue weighted by Gasteiger charge is 2.41. The van der Waals surface area contributed by atoms with E-state index in [4.69, 9.17) is 10.00 Å². The fraction of sp³-hybridized carbons (Fsp3) is 0.448. The molecule has 0 aromatic heterocycles. The number of benzene rings is 2. The Balaban J connectivity index is 1.11. The van der Waals surface area contributed by atoms with E-state index >= 15 is 0 Å². The first-order valence-corrected chi connectivity index (χ1v) is 13.3. The van der Waals surface area contributed by atoms with Gasteiger partial charge >= 0.3 is 0 Å². The number of amides is 3. The lowest BCUT2D eigenvalue weighted by molar-refractivity contribution is -0.136. The average Bonchev–Trinajstić information content (AvgIpc) is 3.19. The van der Waals surface area contributed by atoms with Gasteiger partial charge in [0.2, 0.25) is 11.8 Å². The lowest BCUT2D eigenvalue weighted by atomic mass is 9.84. The standard InChI is InChI=1S/C29H29FN4O4/c30-23-12-17(5-6-18(23)13-31)20-14-33(15-20)24-3-1-2-4-26(24)38-21-7-8-22-19(11-21)16-34(29(22)37)25-9-10-27(35)32-28(25)36/h5-8,11-12,20,24-26H,1-4,9-10,14-16H2,(H,32,35,36)/t24-,25?,26+/m0/s1. The first kappa shape index (κ1) is 24.6.